The van der Waals surface area contributed by atoms with Crippen LogP contribution in [-0.2, 0) is 19.6 Å². The van der Waals surface area contributed by atoms with Crippen molar-refractivity contribution in [3.63, 3.8) is 0 Å². The van der Waals surface area contributed by atoms with E-state index in [-0.39, 0.29) is 16.7 Å². The lowest BCUT2D eigenvalue weighted by molar-refractivity contribution is -0.117. The van der Waals surface area contributed by atoms with Crippen LogP contribution in [0.1, 0.15) is 31.1 Å². The second-order valence-electron chi connectivity index (χ2n) is 6.48. The van der Waals surface area contributed by atoms with E-state index in [1.807, 2.05) is 0 Å². The maximum atomic E-state index is 12.5. The third kappa shape index (κ3) is 6.39. The van der Waals surface area contributed by atoms with Gasteiger partial charge in [-0.2, -0.15) is 4.72 Å². The van der Waals surface area contributed by atoms with Crippen molar-refractivity contribution in [3.05, 3.63) is 54.1 Å². The monoisotopic (exact) mass is 432 g/mol. The smallest absolute Gasteiger partial charge is 0.251 e. The van der Waals surface area contributed by atoms with Gasteiger partial charge in [0, 0.05) is 30.4 Å². The van der Waals surface area contributed by atoms with Crippen molar-refractivity contribution in [1.29, 1.82) is 0 Å². The van der Waals surface area contributed by atoms with Crippen molar-refractivity contribution in [2.75, 3.05) is 17.2 Å². The number of hydrogen-bond donors (Lipinski definition) is 4. The second-order valence-corrected chi connectivity index (χ2v) is 8.19. The molecule has 0 saturated carbocycles. The molecule has 2 rings (SSSR count). The maximum Gasteiger partial charge on any atom is 0.251 e. The van der Waals surface area contributed by atoms with Gasteiger partial charge < -0.3 is 16.0 Å². The second kappa shape index (κ2) is 9.99. The molecule has 0 aliphatic heterocycles. The molecule has 0 heterocycles. The van der Waals surface area contributed by atoms with E-state index in [9.17, 15) is 22.8 Å². The number of sulfonamides is 1. The minimum absolute atomic E-state index is 0.0468. The standard InChI is InChI=1S/C20H24N4O5S/c1-4-21-20(27)15-6-5-7-17(12-15)23-19(26)13(2)24-30(28,29)18-10-8-16(9-11-18)22-14(3)25/h5-13,24H,4H2,1-3H3,(H,21,27)(H,22,25)(H,23,26)/t13-/m0/s1. The van der Waals surface area contributed by atoms with E-state index >= 15 is 0 Å². The van der Waals surface area contributed by atoms with Crippen LogP contribution in [0.3, 0.4) is 0 Å². The first-order valence-corrected chi connectivity index (χ1v) is 10.7. The zero-order valence-electron chi connectivity index (χ0n) is 16.9. The van der Waals surface area contributed by atoms with E-state index in [4.69, 9.17) is 0 Å². The van der Waals surface area contributed by atoms with Gasteiger partial charge in [-0.15, -0.1) is 0 Å². The fraction of sp³-hybridized carbons (Fsp3) is 0.250. The Hall–Kier alpha value is -3.24. The maximum absolute atomic E-state index is 12.5. The molecule has 2 aromatic carbocycles. The summed E-state index contributed by atoms with van der Waals surface area (Å²) in [7, 11) is -3.96. The lowest BCUT2D eigenvalue weighted by atomic mass is 10.2. The van der Waals surface area contributed by atoms with E-state index in [0.29, 0.717) is 23.5 Å². The third-order valence-corrected chi connectivity index (χ3v) is 5.50. The summed E-state index contributed by atoms with van der Waals surface area (Å²) in [5.41, 5.74) is 1.20. The number of carbonyl (C=O) groups is 3. The van der Waals surface area contributed by atoms with Gasteiger partial charge in [-0.05, 0) is 56.3 Å². The fourth-order valence-electron chi connectivity index (χ4n) is 2.53. The highest BCUT2D eigenvalue weighted by Gasteiger charge is 2.22. The molecule has 0 fully saturated rings. The van der Waals surface area contributed by atoms with Gasteiger partial charge in [0.1, 0.15) is 0 Å². The molecule has 0 bridgehead atoms. The van der Waals surface area contributed by atoms with E-state index < -0.39 is 22.0 Å². The van der Waals surface area contributed by atoms with Crippen LogP contribution in [0.15, 0.2) is 53.4 Å². The number of benzene rings is 2. The van der Waals surface area contributed by atoms with Crippen LogP contribution < -0.4 is 20.7 Å². The summed E-state index contributed by atoms with van der Waals surface area (Å²) in [6.45, 7) is 5.02. The van der Waals surface area contributed by atoms with E-state index in [1.165, 1.54) is 44.2 Å². The van der Waals surface area contributed by atoms with Gasteiger partial charge in [0.2, 0.25) is 21.8 Å². The molecule has 2 aromatic rings. The Bertz CT molecular complexity index is 1040. The van der Waals surface area contributed by atoms with E-state index in [2.05, 4.69) is 20.7 Å². The largest absolute Gasteiger partial charge is 0.352 e. The lowest BCUT2D eigenvalue weighted by Crippen LogP contribution is -2.41. The Morgan fingerprint density at radius 1 is 0.967 bits per heavy atom. The molecule has 3 amide bonds. The number of anilines is 2. The van der Waals surface area contributed by atoms with Crippen LogP contribution in [0, 0.1) is 0 Å². The van der Waals surface area contributed by atoms with Crippen LogP contribution >= 0.6 is 0 Å². The molecule has 0 saturated heterocycles. The van der Waals surface area contributed by atoms with Crippen LogP contribution in [-0.4, -0.2) is 38.7 Å². The van der Waals surface area contributed by atoms with E-state index in [0.717, 1.165) is 0 Å². The minimum Gasteiger partial charge on any atom is -0.352 e. The number of carbonyl (C=O) groups excluding carboxylic acids is 3. The Labute approximate surface area is 175 Å². The van der Waals surface area contributed by atoms with Gasteiger partial charge in [0.05, 0.1) is 10.9 Å². The average molecular weight is 433 g/mol. The number of rotatable bonds is 8. The molecule has 0 aliphatic rings. The molecule has 30 heavy (non-hydrogen) atoms. The molecular formula is C20H24N4O5S. The van der Waals surface area contributed by atoms with Gasteiger partial charge in [-0.25, -0.2) is 8.42 Å². The van der Waals surface area contributed by atoms with Crippen LogP contribution in [0.5, 0.6) is 0 Å². The zero-order valence-corrected chi connectivity index (χ0v) is 17.7. The first-order chi connectivity index (χ1) is 14.1. The summed E-state index contributed by atoms with van der Waals surface area (Å²) >= 11 is 0. The predicted octanol–water partition coefficient (Wildman–Crippen LogP) is 1.70. The van der Waals surface area contributed by atoms with Crippen molar-refractivity contribution in [2.45, 2.75) is 31.7 Å². The summed E-state index contributed by atoms with van der Waals surface area (Å²) in [5, 5.41) is 7.80. The lowest BCUT2D eigenvalue weighted by Gasteiger charge is -2.15. The Morgan fingerprint density at radius 2 is 1.63 bits per heavy atom. The van der Waals surface area contributed by atoms with Gasteiger partial charge >= 0.3 is 0 Å². The molecule has 0 unspecified atom stereocenters. The molecule has 0 radical (unpaired) electrons. The summed E-state index contributed by atoms with van der Waals surface area (Å²) < 4.78 is 27.3. The predicted molar refractivity (Wildman–Crippen MR) is 114 cm³/mol. The molecular weight excluding hydrogens is 408 g/mol. The van der Waals surface area contributed by atoms with Crippen molar-refractivity contribution < 1.29 is 22.8 Å². The molecule has 0 aromatic heterocycles. The highest BCUT2D eigenvalue weighted by atomic mass is 32.2. The molecule has 4 N–H and O–H groups in total. The van der Waals surface area contributed by atoms with E-state index in [1.54, 1.807) is 25.1 Å². The molecule has 0 spiro atoms. The highest BCUT2D eigenvalue weighted by Crippen LogP contribution is 2.15. The first-order valence-electron chi connectivity index (χ1n) is 9.21. The number of amides is 3. The quantitative estimate of drug-likeness (QED) is 0.504. The minimum atomic E-state index is -3.96. The van der Waals surface area contributed by atoms with Gasteiger partial charge in [0.15, 0.2) is 0 Å². The van der Waals surface area contributed by atoms with Crippen molar-refractivity contribution in [3.8, 4) is 0 Å². The zero-order chi connectivity index (χ0) is 22.3. The first kappa shape index (κ1) is 23.0. The third-order valence-electron chi connectivity index (χ3n) is 3.94. The Morgan fingerprint density at radius 3 is 2.23 bits per heavy atom. The van der Waals surface area contributed by atoms with Crippen LogP contribution in [0.4, 0.5) is 11.4 Å². The van der Waals surface area contributed by atoms with Crippen LogP contribution in [0.25, 0.3) is 0 Å². The summed E-state index contributed by atoms with van der Waals surface area (Å²) in [6.07, 6.45) is 0. The topological polar surface area (TPSA) is 133 Å². The van der Waals surface area contributed by atoms with Crippen molar-refractivity contribution >= 4 is 39.1 Å². The average Bonchev–Trinajstić information content (AvgIpc) is 2.68. The SMILES string of the molecule is CCNC(=O)c1cccc(NC(=O)[C@H](C)NS(=O)(=O)c2ccc(NC(C)=O)cc2)c1. The summed E-state index contributed by atoms with van der Waals surface area (Å²) in [6, 6.07) is 10.8. The van der Waals surface area contributed by atoms with Crippen molar-refractivity contribution in [2.24, 2.45) is 0 Å². The normalized spacial score (nSPS) is 12.0. The summed E-state index contributed by atoms with van der Waals surface area (Å²) in [4.78, 5) is 35.3. The van der Waals surface area contributed by atoms with Gasteiger partial charge in [-0.3, -0.25) is 14.4 Å². The van der Waals surface area contributed by atoms with Crippen LogP contribution in [0.2, 0.25) is 0 Å². The number of nitrogens with one attached hydrogen (secondary N) is 4. The number of hydrogen-bond acceptors (Lipinski definition) is 5. The summed E-state index contributed by atoms with van der Waals surface area (Å²) in [5.74, 6) is -1.13. The molecule has 10 heteroatoms. The molecule has 0 aliphatic carbocycles. The van der Waals surface area contributed by atoms with Gasteiger partial charge in [0.25, 0.3) is 5.91 Å². The molecule has 1 atom stereocenters. The molecule has 160 valence electrons. The Balaban J connectivity index is 2.05. The fourth-order valence-corrected chi connectivity index (χ4v) is 3.73. The Kier molecular flexibility index (Phi) is 7.67. The molecule has 9 nitrogen and oxygen atoms in total. The highest BCUT2D eigenvalue weighted by molar-refractivity contribution is 7.89. The van der Waals surface area contributed by atoms with Gasteiger partial charge in [-0.1, -0.05) is 6.07 Å². The van der Waals surface area contributed by atoms with Crippen molar-refractivity contribution in [1.82, 2.24) is 10.0 Å².